The molecule has 2 nitrogen and oxygen atoms in total. The van der Waals surface area contributed by atoms with Crippen LogP contribution in [-0.2, 0) is 0 Å². The van der Waals surface area contributed by atoms with Gasteiger partial charge in [-0.15, -0.1) is 0 Å². The first-order chi connectivity index (χ1) is 9.25. The van der Waals surface area contributed by atoms with Gasteiger partial charge in [0.05, 0.1) is 5.69 Å². The number of fused-ring (bicyclic) bond motifs is 1. The van der Waals surface area contributed by atoms with Crippen molar-refractivity contribution in [1.29, 1.82) is 0 Å². The number of halogens is 2. The van der Waals surface area contributed by atoms with Gasteiger partial charge in [0.2, 0.25) is 0 Å². The maximum Gasteiger partial charge on any atom is 0.149 e. The van der Waals surface area contributed by atoms with Gasteiger partial charge in [-0.2, -0.15) is 0 Å². The maximum absolute atomic E-state index is 13.6. The van der Waals surface area contributed by atoms with Crippen molar-refractivity contribution in [2.24, 2.45) is 0 Å². The van der Waals surface area contributed by atoms with Crippen LogP contribution in [0.1, 0.15) is 0 Å². The molecule has 0 amide bonds. The summed E-state index contributed by atoms with van der Waals surface area (Å²) in [5, 5.41) is 3.58. The third-order valence-electron chi connectivity index (χ3n) is 2.86. The minimum Gasteiger partial charge on any atom is -0.353 e. The Morgan fingerprint density at radius 2 is 1.58 bits per heavy atom. The fraction of sp³-hybridized carbons (Fsp3) is 0. The van der Waals surface area contributed by atoms with Crippen molar-refractivity contribution in [3.63, 3.8) is 0 Å². The lowest BCUT2D eigenvalue weighted by atomic mass is 10.1. The van der Waals surface area contributed by atoms with Gasteiger partial charge >= 0.3 is 0 Å². The minimum atomic E-state index is -0.394. The summed E-state index contributed by atoms with van der Waals surface area (Å²) in [5.41, 5.74) is 1.23. The lowest BCUT2D eigenvalue weighted by Crippen LogP contribution is -1.95. The van der Waals surface area contributed by atoms with E-state index in [1.54, 1.807) is 36.4 Å². The van der Waals surface area contributed by atoms with Crippen molar-refractivity contribution >= 4 is 22.3 Å². The number of para-hydroxylation sites is 2. The lowest BCUT2D eigenvalue weighted by Gasteiger charge is -2.10. The fourth-order valence-corrected chi connectivity index (χ4v) is 1.96. The number of pyridine rings is 1. The summed E-state index contributed by atoms with van der Waals surface area (Å²) >= 11 is 0. The average Bonchev–Trinajstić information content (AvgIpc) is 2.42. The third-order valence-corrected chi connectivity index (χ3v) is 2.86. The summed E-state index contributed by atoms with van der Waals surface area (Å²) in [5.74, 6) is -0.751. The highest BCUT2D eigenvalue weighted by molar-refractivity contribution is 5.93. The van der Waals surface area contributed by atoms with Crippen molar-refractivity contribution in [3.05, 3.63) is 66.4 Å². The van der Waals surface area contributed by atoms with Crippen LogP contribution >= 0.6 is 0 Å². The van der Waals surface area contributed by atoms with Crippen molar-refractivity contribution in [2.45, 2.75) is 0 Å². The van der Waals surface area contributed by atoms with E-state index in [4.69, 9.17) is 0 Å². The molecule has 0 unspecified atom stereocenters. The van der Waals surface area contributed by atoms with Crippen LogP contribution in [0.4, 0.5) is 20.2 Å². The lowest BCUT2D eigenvalue weighted by molar-refractivity contribution is 0.632. The molecule has 0 bridgehead atoms. The Bertz CT molecular complexity index is 741. The molecule has 0 saturated carbocycles. The largest absolute Gasteiger partial charge is 0.353 e. The van der Waals surface area contributed by atoms with Crippen LogP contribution in [0.15, 0.2) is 54.7 Å². The molecule has 0 spiro atoms. The Morgan fingerprint density at radius 3 is 2.42 bits per heavy atom. The second-order valence-electron chi connectivity index (χ2n) is 4.10. The van der Waals surface area contributed by atoms with Gasteiger partial charge in [-0.1, -0.05) is 24.3 Å². The van der Waals surface area contributed by atoms with Gasteiger partial charge in [-0.25, -0.2) is 8.78 Å². The zero-order chi connectivity index (χ0) is 13.2. The molecular formula is C15H10F2N2. The van der Waals surface area contributed by atoms with Gasteiger partial charge in [0.25, 0.3) is 0 Å². The molecule has 0 radical (unpaired) electrons. The molecule has 0 fully saturated rings. The number of nitrogens with one attached hydrogen (secondary N) is 1. The van der Waals surface area contributed by atoms with Crippen LogP contribution < -0.4 is 5.32 Å². The van der Waals surface area contributed by atoms with E-state index in [2.05, 4.69) is 10.3 Å². The number of anilines is 2. The zero-order valence-electron chi connectivity index (χ0n) is 9.90. The van der Waals surface area contributed by atoms with Gasteiger partial charge in [-0.3, -0.25) is 4.98 Å². The molecule has 0 aliphatic carbocycles. The number of rotatable bonds is 2. The predicted octanol–water partition coefficient (Wildman–Crippen LogP) is 4.26. The van der Waals surface area contributed by atoms with E-state index in [1.165, 1.54) is 18.3 Å². The number of hydrogen-bond donors (Lipinski definition) is 1. The maximum atomic E-state index is 13.6. The molecule has 3 aromatic rings. The summed E-state index contributed by atoms with van der Waals surface area (Å²) in [4.78, 5) is 4.00. The fourth-order valence-electron chi connectivity index (χ4n) is 1.96. The van der Waals surface area contributed by atoms with E-state index >= 15 is 0 Å². The van der Waals surface area contributed by atoms with Crippen molar-refractivity contribution in [1.82, 2.24) is 4.98 Å². The average molecular weight is 256 g/mol. The molecule has 0 atom stereocenters. The Balaban J connectivity index is 2.12. The van der Waals surface area contributed by atoms with Gasteiger partial charge < -0.3 is 5.32 Å². The van der Waals surface area contributed by atoms with E-state index < -0.39 is 5.82 Å². The summed E-state index contributed by atoms with van der Waals surface area (Å²) in [6.07, 6.45) is 1.49. The Labute approximate surface area is 108 Å². The first-order valence-electron chi connectivity index (χ1n) is 5.80. The molecule has 0 aliphatic rings. The SMILES string of the molecule is Fc1ccccc1Nc1ccnc2c(F)cccc12. The minimum absolute atomic E-state index is 0.267. The van der Waals surface area contributed by atoms with Crippen LogP contribution in [0.2, 0.25) is 0 Å². The Morgan fingerprint density at radius 1 is 0.789 bits per heavy atom. The summed E-state index contributed by atoms with van der Waals surface area (Å²) in [7, 11) is 0. The first kappa shape index (κ1) is 11.6. The molecule has 19 heavy (non-hydrogen) atoms. The smallest absolute Gasteiger partial charge is 0.149 e. The number of nitrogens with zero attached hydrogens (tertiary/aromatic N) is 1. The highest BCUT2D eigenvalue weighted by atomic mass is 19.1. The molecule has 4 heteroatoms. The molecule has 94 valence electrons. The summed E-state index contributed by atoms with van der Waals surface area (Å²) in [6.45, 7) is 0. The highest BCUT2D eigenvalue weighted by Crippen LogP contribution is 2.27. The van der Waals surface area contributed by atoms with Gasteiger partial charge in [0.15, 0.2) is 0 Å². The van der Waals surface area contributed by atoms with Gasteiger partial charge in [0, 0.05) is 17.3 Å². The number of benzene rings is 2. The monoisotopic (exact) mass is 256 g/mol. The van der Waals surface area contributed by atoms with Crippen molar-refractivity contribution < 1.29 is 8.78 Å². The summed E-state index contributed by atoms with van der Waals surface area (Å²) < 4.78 is 27.2. The molecule has 2 aromatic carbocycles. The predicted molar refractivity (Wildman–Crippen MR) is 71.4 cm³/mol. The topological polar surface area (TPSA) is 24.9 Å². The molecule has 1 aromatic heterocycles. The molecule has 1 N–H and O–H groups in total. The third kappa shape index (κ3) is 2.12. The normalized spacial score (nSPS) is 10.6. The Hall–Kier alpha value is -2.49. The Kier molecular flexibility index (Phi) is 2.83. The molecule has 1 heterocycles. The molecule has 0 saturated heterocycles. The van der Waals surface area contributed by atoms with Crippen LogP contribution in [0.5, 0.6) is 0 Å². The first-order valence-corrected chi connectivity index (χ1v) is 5.80. The van der Waals surface area contributed by atoms with E-state index in [0.29, 0.717) is 16.8 Å². The van der Waals surface area contributed by atoms with E-state index in [9.17, 15) is 8.78 Å². The molecule has 0 aliphatic heterocycles. The van der Waals surface area contributed by atoms with Crippen LogP contribution in [-0.4, -0.2) is 4.98 Å². The number of aromatic nitrogens is 1. The standard InChI is InChI=1S/C15H10F2N2/c16-11-5-1-2-7-14(11)19-13-8-9-18-15-10(13)4-3-6-12(15)17/h1-9H,(H,18,19). The quantitative estimate of drug-likeness (QED) is 0.741. The number of hydrogen-bond acceptors (Lipinski definition) is 2. The molecule has 3 rings (SSSR count). The summed E-state index contributed by atoms with van der Waals surface area (Å²) in [6, 6.07) is 12.7. The van der Waals surface area contributed by atoms with Crippen LogP contribution in [0.3, 0.4) is 0 Å². The van der Waals surface area contributed by atoms with Gasteiger partial charge in [0.1, 0.15) is 17.2 Å². The highest BCUT2D eigenvalue weighted by Gasteiger charge is 2.07. The van der Waals surface area contributed by atoms with Crippen molar-refractivity contribution in [2.75, 3.05) is 5.32 Å². The van der Waals surface area contributed by atoms with E-state index in [-0.39, 0.29) is 11.3 Å². The van der Waals surface area contributed by atoms with E-state index in [0.717, 1.165) is 0 Å². The zero-order valence-corrected chi connectivity index (χ0v) is 9.90. The van der Waals surface area contributed by atoms with Crippen molar-refractivity contribution in [3.8, 4) is 0 Å². The second-order valence-corrected chi connectivity index (χ2v) is 4.10. The van der Waals surface area contributed by atoms with Gasteiger partial charge in [-0.05, 0) is 24.3 Å². The van der Waals surface area contributed by atoms with Crippen LogP contribution in [0, 0.1) is 11.6 Å². The van der Waals surface area contributed by atoms with E-state index in [1.807, 2.05) is 0 Å². The van der Waals surface area contributed by atoms with Crippen LogP contribution in [0.25, 0.3) is 10.9 Å². The second kappa shape index (κ2) is 4.65. The molecular weight excluding hydrogens is 246 g/mol.